The smallest absolute Gasteiger partial charge is 0.228 e. The molecule has 1 amide bonds. The van der Waals surface area contributed by atoms with Crippen molar-refractivity contribution in [1.82, 2.24) is 0 Å². The van der Waals surface area contributed by atoms with Gasteiger partial charge in [0.15, 0.2) is 0 Å². The summed E-state index contributed by atoms with van der Waals surface area (Å²) in [6, 6.07) is 5.99. The lowest BCUT2D eigenvalue weighted by Gasteiger charge is -2.30. The van der Waals surface area contributed by atoms with Gasteiger partial charge in [-0.2, -0.15) is 0 Å². The van der Waals surface area contributed by atoms with Crippen LogP contribution in [-0.2, 0) is 11.2 Å². The molecule has 1 aliphatic heterocycles. The summed E-state index contributed by atoms with van der Waals surface area (Å²) in [5, 5.41) is 0. The number of hydrogen-bond acceptors (Lipinski definition) is 3. The van der Waals surface area contributed by atoms with Gasteiger partial charge in [-0.3, -0.25) is 4.79 Å². The number of carbonyl (C=O) groups is 1. The molecule has 2 aliphatic rings. The van der Waals surface area contributed by atoms with Gasteiger partial charge in [0.2, 0.25) is 5.91 Å². The molecule has 3 rings (SSSR count). The molecule has 1 saturated carbocycles. The second-order valence-corrected chi connectivity index (χ2v) is 5.85. The fraction of sp³-hybridized carbons (Fsp3) is 0.562. The first kappa shape index (κ1) is 13.4. The number of benzene rings is 1. The van der Waals surface area contributed by atoms with Crippen LogP contribution >= 0.6 is 0 Å². The van der Waals surface area contributed by atoms with Crippen molar-refractivity contribution >= 4 is 11.6 Å². The van der Waals surface area contributed by atoms with E-state index in [1.165, 1.54) is 18.4 Å². The average molecular weight is 274 g/mol. The van der Waals surface area contributed by atoms with Crippen molar-refractivity contribution in [3.8, 4) is 5.75 Å². The molecule has 0 bridgehead atoms. The number of aryl methyl sites for hydroxylation is 1. The van der Waals surface area contributed by atoms with Crippen LogP contribution in [-0.4, -0.2) is 25.6 Å². The Morgan fingerprint density at radius 2 is 2.30 bits per heavy atom. The van der Waals surface area contributed by atoms with Crippen LogP contribution in [0.3, 0.4) is 0 Å². The predicted molar refractivity (Wildman–Crippen MR) is 79.0 cm³/mol. The van der Waals surface area contributed by atoms with Crippen LogP contribution in [0.25, 0.3) is 0 Å². The second kappa shape index (κ2) is 5.44. The summed E-state index contributed by atoms with van der Waals surface area (Å²) in [4.78, 5) is 14.4. The molecule has 2 N–H and O–H groups in total. The van der Waals surface area contributed by atoms with Crippen molar-refractivity contribution in [1.29, 1.82) is 0 Å². The molecule has 1 aromatic rings. The molecule has 0 aromatic heterocycles. The molecule has 1 unspecified atom stereocenters. The minimum Gasteiger partial charge on any atom is -0.497 e. The van der Waals surface area contributed by atoms with Gasteiger partial charge >= 0.3 is 0 Å². The largest absolute Gasteiger partial charge is 0.497 e. The third-order valence-corrected chi connectivity index (χ3v) is 4.34. The molecular weight excluding hydrogens is 252 g/mol. The Morgan fingerprint density at radius 1 is 1.50 bits per heavy atom. The number of fused-ring (bicyclic) bond motifs is 1. The number of methoxy groups -OCH3 is 1. The van der Waals surface area contributed by atoms with E-state index in [0.717, 1.165) is 30.8 Å². The molecule has 0 saturated heterocycles. The van der Waals surface area contributed by atoms with Crippen molar-refractivity contribution < 1.29 is 9.53 Å². The Kier molecular flexibility index (Phi) is 3.66. The van der Waals surface area contributed by atoms with Crippen molar-refractivity contribution in [2.45, 2.75) is 38.1 Å². The Hall–Kier alpha value is -1.55. The molecule has 1 aromatic carbocycles. The highest BCUT2D eigenvalue weighted by atomic mass is 16.5. The summed E-state index contributed by atoms with van der Waals surface area (Å²) in [7, 11) is 1.67. The zero-order valence-corrected chi connectivity index (χ0v) is 12.0. The quantitative estimate of drug-likeness (QED) is 0.914. The van der Waals surface area contributed by atoms with Crippen LogP contribution < -0.4 is 15.4 Å². The number of nitrogens with two attached hydrogens (primary N) is 1. The lowest BCUT2D eigenvalue weighted by atomic mass is 10.00. The first-order valence-corrected chi connectivity index (χ1v) is 7.42. The molecule has 1 heterocycles. The Labute approximate surface area is 119 Å². The zero-order valence-electron chi connectivity index (χ0n) is 12.0. The molecule has 1 atom stereocenters. The van der Waals surface area contributed by atoms with Gasteiger partial charge in [0.05, 0.1) is 7.11 Å². The van der Waals surface area contributed by atoms with Crippen molar-refractivity contribution in [2.75, 3.05) is 18.6 Å². The highest BCUT2D eigenvalue weighted by Crippen LogP contribution is 2.35. The van der Waals surface area contributed by atoms with E-state index in [-0.39, 0.29) is 11.9 Å². The van der Waals surface area contributed by atoms with Gasteiger partial charge in [-0.1, -0.05) is 0 Å². The predicted octanol–water partition coefficient (Wildman–Crippen LogP) is 2.10. The molecular formula is C16H22N2O2. The molecule has 20 heavy (non-hydrogen) atoms. The topological polar surface area (TPSA) is 55.6 Å². The molecule has 4 heteroatoms. The minimum atomic E-state index is 0.0334. The zero-order chi connectivity index (χ0) is 14.1. The fourth-order valence-electron chi connectivity index (χ4n) is 2.96. The first-order valence-electron chi connectivity index (χ1n) is 7.42. The lowest BCUT2D eigenvalue weighted by molar-refractivity contribution is -0.119. The van der Waals surface area contributed by atoms with E-state index in [0.29, 0.717) is 12.3 Å². The van der Waals surface area contributed by atoms with Gasteiger partial charge in [0.1, 0.15) is 5.75 Å². The normalized spacial score (nSPS) is 19.4. The van der Waals surface area contributed by atoms with Gasteiger partial charge < -0.3 is 15.4 Å². The summed E-state index contributed by atoms with van der Waals surface area (Å²) in [6.45, 7) is 0.801. The highest BCUT2D eigenvalue weighted by Gasteiger charge is 2.32. The van der Waals surface area contributed by atoms with Crippen LogP contribution in [0.4, 0.5) is 5.69 Å². The van der Waals surface area contributed by atoms with Crippen molar-refractivity contribution in [3.05, 3.63) is 23.8 Å². The van der Waals surface area contributed by atoms with E-state index in [4.69, 9.17) is 10.5 Å². The van der Waals surface area contributed by atoms with Gasteiger partial charge in [-0.05, 0) is 55.4 Å². The lowest BCUT2D eigenvalue weighted by Crippen LogP contribution is -2.39. The van der Waals surface area contributed by atoms with E-state index < -0.39 is 0 Å². The van der Waals surface area contributed by atoms with Gasteiger partial charge in [0.25, 0.3) is 0 Å². The van der Waals surface area contributed by atoms with Crippen LogP contribution in [0.15, 0.2) is 18.2 Å². The maximum Gasteiger partial charge on any atom is 0.228 e. The van der Waals surface area contributed by atoms with Gasteiger partial charge in [0, 0.05) is 24.7 Å². The number of amides is 1. The highest BCUT2D eigenvalue weighted by molar-refractivity contribution is 5.95. The summed E-state index contributed by atoms with van der Waals surface area (Å²) >= 11 is 0. The van der Waals surface area contributed by atoms with Gasteiger partial charge in [-0.25, -0.2) is 0 Å². The first-order chi connectivity index (χ1) is 9.69. The molecule has 1 aliphatic carbocycles. The molecule has 4 nitrogen and oxygen atoms in total. The number of ether oxygens (including phenoxy) is 1. The third kappa shape index (κ3) is 2.66. The SMILES string of the molecule is COc1ccc2c(c1)CCCN2C(=O)CC(N)C1CC1. The summed E-state index contributed by atoms with van der Waals surface area (Å²) < 4.78 is 5.26. The molecule has 108 valence electrons. The van der Waals surface area contributed by atoms with Gasteiger partial charge in [-0.15, -0.1) is 0 Å². The monoisotopic (exact) mass is 274 g/mol. The van der Waals surface area contributed by atoms with Crippen LogP contribution in [0.2, 0.25) is 0 Å². The van der Waals surface area contributed by atoms with Crippen LogP contribution in [0.5, 0.6) is 5.75 Å². The third-order valence-electron chi connectivity index (χ3n) is 4.34. The maximum absolute atomic E-state index is 12.5. The molecule has 0 spiro atoms. The minimum absolute atomic E-state index is 0.0334. The maximum atomic E-state index is 12.5. The number of rotatable bonds is 4. The summed E-state index contributed by atoms with van der Waals surface area (Å²) in [5.41, 5.74) is 8.32. The van der Waals surface area contributed by atoms with Crippen molar-refractivity contribution in [3.63, 3.8) is 0 Å². The summed E-state index contributed by atoms with van der Waals surface area (Å²) in [6.07, 6.45) is 4.84. The van der Waals surface area contributed by atoms with E-state index in [2.05, 4.69) is 0 Å². The van der Waals surface area contributed by atoms with Crippen LogP contribution in [0, 0.1) is 5.92 Å². The molecule has 0 radical (unpaired) electrons. The molecule has 1 fully saturated rings. The Morgan fingerprint density at radius 3 is 3.00 bits per heavy atom. The van der Waals surface area contributed by atoms with Crippen molar-refractivity contribution in [2.24, 2.45) is 11.7 Å². The van der Waals surface area contributed by atoms with Crippen LogP contribution in [0.1, 0.15) is 31.2 Å². The number of hydrogen-bond donors (Lipinski definition) is 1. The Balaban J connectivity index is 1.76. The Bertz CT molecular complexity index is 511. The van der Waals surface area contributed by atoms with E-state index in [9.17, 15) is 4.79 Å². The number of carbonyl (C=O) groups excluding carboxylic acids is 1. The van der Waals surface area contributed by atoms with E-state index >= 15 is 0 Å². The number of anilines is 1. The standard InChI is InChI=1S/C16H22N2O2/c1-20-13-6-7-15-12(9-13)3-2-8-18(15)16(19)10-14(17)11-4-5-11/h6-7,9,11,14H,2-5,8,10,17H2,1H3. The second-order valence-electron chi connectivity index (χ2n) is 5.85. The van der Waals surface area contributed by atoms with E-state index in [1.807, 2.05) is 23.1 Å². The number of nitrogens with zero attached hydrogens (tertiary/aromatic N) is 1. The summed E-state index contributed by atoms with van der Waals surface area (Å²) in [5.74, 6) is 1.59. The average Bonchev–Trinajstić information content (AvgIpc) is 3.30. The van der Waals surface area contributed by atoms with E-state index in [1.54, 1.807) is 7.11 Å². The fourth-order valence-corrected chi connectivity index (χ4v) is 2.96.